The summed E-state index contributed by atoms with van der Waals surface area (Å²) in [5.41, 5.74) is 9.50. The second-order valence-corrected chi connectivity index (χ2v) is 4.84. The number of anilines is 1. The Balaban J connectivity index is 2.04. The molecule has 3 nitrogen and oxygen atoms in total. The molecule has 0 aliphatic heterocycles. The molecular weight excluding hydrogens is 277 g/mol. The summed E-state index contributed by atoms with van der Waals surface area (Å²) in [5.74, 6) is 0.0285. The molecule has 0 spiro atoms. The maximum absolute atomic E-state index is 13.0. The molecule has 0 aliphatic rings. The van der Waals surface area contributed by atoms with Crippen LogP contribution in [0, 0.1) is 5.82 Å². The Morgan fingerprint density at radius 2 is 1.68 bits per heavy atom. The van der Waals surface area contributed by atoms with Crippen LogP contribution in [0.15, 0.2) is 67.4 Å². The van der Waals surface area contributed by atoms with Gasteiger partial charge in [-0.2, -0.15) is 0 Å². The lowest BCUT2D eigenvalue weighted by atomic mass is 10.0. The molecule has 0 bridgehead atoms. The summed E-state index contributed by atoms with van der Waals surface area (Å²) in [4.78, 5) is 8.72. The van der Waals surface area contributed by atoms with E-state index >= 15 is 0 Å². The number of halogens is 1. The molecule has 108 valence electrons. The Hall–Kier alpha value is -3.01. The van der Waals surface area contributed by atoms with E-state index < -0.39 is 0 Å². The van der Waals surface area contributed by atoms with E-state index in [1.807, 2.05) is 30.3 Å². The number of hydrogen-bond acceptors (Lipinski definition) is 3. The summed E-state index contributed by atoms with van der Waals surface area (Å²) in [6, 6.07) is 15.7. The van der Waals surface area contributed by atoms with Crippen LogP contribution in [-0.4, -0.2) is 9.97 Å². The van der Waals surface area contributed by atoms with Gasteiger partial charge in [0.25, 0.3) is 0 Å². The molecule has 0 aliphatic carbocycles. The maximum atomic E-state index is 13.0. The van der Waals surface area contributed by atoms with Crippen molar-refractivity contribution >= 4 is 11.4 Å². The average molecular weight is 291 g/mol. The van der Waals surface area contributed by atoms with Gasteiger partial charge < -0.3 is 5.73 Å². The highest BCUT2D eigenvalue weighted by Gasteiger charge is 2.11. The number of nitrogens with two attached hydrogens (primary N) is 1. The lowest BCUT2D eigenvalue weighted by Gasteiger charge is -2.10. The quantitative estimate of drug-likeness (QED) is 0.795. The predicted molar refractivity (Wildman–Crippen MR) is 86.4 cm³/mol. The van der Waals surface area contributed by atoms with Gasteiger partial charge in [0.2, 0.25) is 0 Å². The summed E-state index contributed by atoms with van der Waals surface area (Å²) in [6.45, 7) is 4.06. The van der Waals surface area contributed by atoms with Crippen molar-refractivity contribution < 1.29 is 4.39 Å². The molecule has 0 saturated carbocycles. The van der Waals surface area contributed by atoms with Crippen molar-refractivity contribution in [1.29, 1.82) is 0 Å². The minimum Gasteiger partial charge on any atom is -0.382 e. The lowest BCUT2D eigenvalue weighted by molar-refractivity contribution is 0.628. The molecule has 2 N–H and O–H groups in total. The molecule has 22 heavy (non-hydrogen) atoms. The number of rotatable bonds is 3. The van der Waals surface area contributed by atoms with Gasteiger partial charge in [-0.25, -0.2) is 14.4 Å². The smallest absolute Gasteiger partial charge is 0.150 e. The van der Waals surface area contributed by atoms with Crippen LogP contribution in [0.2, 0.25) is 0 Å². The van der Waals surface area contributed by atoms with E-state index in [0.29, 0.717) is 22.8 Å². The van der Waals surface area contributed by atoms with E-state index in [4.69, 9.17) is 5.73 Å². The number of hydrogen-bond donors (Lipinski definition) is 1. The van der Waals surface area contributed by atoms with Crippen molar-refractivity contribution in [3.8, 4) is 11.3 Å². The van der Waals surface area contributed by atoms with E-state index in [1.165, 1.54) is 12.1 Å². The Morgan fingerprint density at radius 3 is 2.36 bits per heavy atom. The van der Waals surface area contributed by atoms with E-state index in [2.05, 4.69) is 16.5 Å². The molecule has 1 heterocycles. The molecule has 0 fully saturated rings. The number of aromatic nitrogens is 2. The molecule has 4 heteroatoms. The van der Waals surface area contributed by atoms with Crippen LogP contribution >= 0.6 is 0 Å². The second kappa shape index (κ2) is 5.77. The van der Waals surface area contributed by atoms with Gasteiger partial charge >= 0.3 is 0 Å². The molecule has 1 aromatic heterocycles. The number of nitrogens with zero attached hydrogens (tertiary/aromatic N) is 2. The van der Waals surface area contributed by atoms with Gasteiger partial charge in [0.15, 0.2) is 0 Å². The fraction of sp³-hybridized carbons (Fsp3) is 0. The van der Waals surface area contributed by atoms with Gasteiger partial charge in [0.05, 0.1) is 11.9 Å². The monoisotopic (exact) mass is 291 g/mol. The van der Waals surface area contributed by atoms with Crippen LogP contribution in [0.25, 0.3) is 16.8 Å². The summed E-state index contributed by atoms with van der Waals surface area (Å²) in [6.07, 6.45) is 1.57. The van der Waals surface area contributed by atoms with Crippen molar-refractivity contribution in [3.63, 3.8) is 0 Å². The second-order valence-electron chi connectivity index (χ2n) is 4.84. The average Bonchev–Trinajstić information content (AvgIpc) is 2.56. The first kappa shape index (κ1) is 13.9. The standard InChI is InChI=1S/C18H14FN3/c1-12(13-5-3-2-4-6-13)17-18(20)21-11-16(22-17)14-7-9-15(19)10-8-14/h2-11H,1H2,(H2,20,21). The minimum absolute atomic E-state index is 0.291. The van der Waals surface area contributed by atoms with E-state index in [0.717, 1.165) is 11.1 Å². The van der Waals surface area contributed by atoms with Crippen molar-refractivity contribution in [2.75, 3.05) is 5.73 Å². The Morgan fingerprint density at radius 1 is 1.00 bits per heavy atom. The highest BCUT2D eigenvalue weighted by Crippen LogP contribution is 2.26. The first-order chi connectivity index (χ1) is 10.6. The van der Waals surface area contributed by atoms with Crippen molar-refractivity contribution in [1.82, 2.24) is 9.97 Å². The number of nitrogen functional groups attached to an aromatic ring is 1. The Bertz CT molecular complexity index is 811. The van der Waals surface area contributed by atoms with Gasteiger partial charge in [0, 0.05) is 11.1 Å². The molecule has 3 aromatic rings. The predicted octanol–water partition coefficient (Wildman–Crippen LogP) is 3.93. The zero-order valence-corrected chi connectivity index (χ0v) is 11.8. The SMILES string of the molecule is C=C(c1ccccc1)c1nc(-c2ccc(F)cc2)cnc1N. The molecule has 0 amide bonds. The van der Waals surface area contributed by atoms with Crippen molar-refractivity contribution in [2.24, 2.45) is 0 Å². The van der Waals surface area contributed by atoms with Crippen molar-refractivity contribution in [2.45, 2.75) is 0 Å². The van der Waals surface area contributed by atoms with E-state index in [1.54, 1.807) is 18.3 Å². The third kappa shape index (κ3) is 2.72. The van der Waals surface area contributed by atoms with Crippen LogP contribution in [0.1, 0.15) is 11.3 Å². The van der Waals surface area contributed by atoms with Crippen LogP contribution in [0.4, 0.5) is 10.2 Å². The summed E-state index contributed by atoms with van der Waals surface area (Å²) in [7, 11) is 0. The lowest BCUT2D eigenvalue weighted by Crippen LogP contribution is -2.02. The van der Waals surface area contributed by atoms with Gasteiger partial charge in [0.1, 0.15) is 17.3 Å². The summed E-state index contributed by atoms with van der Waals surface area (Å²) < 4.78 is 13.0. The van der Waals surface area contributed by atoms with Gasteiger partial charge in [-0.1, -0.05) is 36.9 Å². The third-order valence-electron chi connectivity index (χ3n) is 3.35. The van der Waals surface area contributed by atoms with Gasteiger partial charge in [-0.3, -0.25) is 0 Å². The maximum Gasteiger partial charge on any atom is 0.150 e. The Kier molecular flexibility index (Phi) is 3.66. The molecule has 0 radical (unpaired) electrons. The first-order valence-electron chi connectivity index (χ1n) is 6.78. The summed E-state index contributed by atoms with van der Waals surface area (Å²) >= 11 is 0. The molecule has 0 saturated heterocycles. The largest absolute Gasteiger partial charge is 0.382 e. The zero-order chi connectivity index (χ0) is 15.5. The van der Waals surface area contributed by atoms with Crippen LogP contribution in [0.5, 0.6) is 0 Å². The highest BCUT2D eigenvalue weighted by molar-refractivity contribution is 5.81. The molecule has 0 unspecified atom stereocenters. The fourth-order valence-electron chi connectivity index (χ4n) is 2.16. The zero-order valence-electron chi connectivity index (χ0n) is 11.8. The van der Waals surface area contributed by atoms with E-state index in [9.17, 15) is 4.39 Å². The fourth-order valence-corrected chi connectivity index (χ4v) is 2.16. The molecule has 2 aromatic carbocycles. The first-order valence-corrected chi connectivity index (χ1v) is 6.78. The topological polar surface area (TPSA) is 51.8 Å². The summed E-state index contributed by atoms with van der Waals surface area (Å²) in [5, 5.41) is 0. The number of benzene rings is 2. The van der Waals surface area contributed by atoms with Gasteiger partial charge in [-0.15, -0.1) is 0 Å². The van der Waals surface area contributed by atoms with Gasteiger partial charge in [-0.05, 0) is 29.8 Å². The van der Waals surface area contributed by atoms with Crippen LogP contribution in [-0.2, 0) is 0 Å². The molecule has 3 rings (SSSR count). The highest BCUT2D eigenvalue weighted by atomic mass is 19.1. The third-order valence-corrected chi connectivity index (χ3v) is 3.35. The normalized spacial score (nSPS) is 10.4. The van der Waals surface area contributed by atoms with Crippen LogP contribution < -0.4 is 5.73 Å². The van der Waals surface area contributed by atoms with E-state index in [-0.39, 0.29) is 5.82 Å². The minimum atomic E-state index is -0.291. The Labute approximate surface area is 128 Å². The van der Waals surface area contributed by atoms with Crippen LogP contribution in [0.3, 0.4) is 0 Å². The molecule has 0 atom stereocenters. The molecular formula is C18H14FN3. The van der Waals surface area contributed by atoms with Crippen molar-refractivity contribution in [3.05, 3.63) is 84.4 Å².